The van der Waals surface area contributed by atoms with E-state index in [1.165, 1.54) is 0 Å². The van der Waals surface area contributed by atoms with Gasteiger partial charge in [-0.2, -0.15) is 0 Å². The SMILES string of the molecule is COc1ccc(NC(=O)[C@H]2C[C@@H]2c2ccc3c(c2)OCCO3)cc1. The minimum Gasteiger partial charge on any atom is -0.497 e. The standard InChI is InChI=1S/C19H19NO4/c1-22-14-5-3-13(4-6-14)20-19(21)16-11-15(16)12-2-7-17-18(10-12)24-9-8-23-17/h2-7,10,15-16H,8-9,11H2,1H3,(H,20,21)/t15-,16+/m1/s1. The molecule has 0 spiro atoms. The van der Waals surface area contributed by atoms with Gasteiger partial charge in [0, 0.05) is 11.6 Å². The molecule has 0 aromatic heterocycles. The first-order chi connectivity index (χ1) is 11.7. The van der Waals surface area contributed by atoms with Gasteiger partial charge in [0.2, 0.25) is 5.91 Å². The zero-order chi connectivity index (χ0) is 16.5. The summed E-state index contributed by atoms with van der Waals surface area (Å²) in [6.07, 6.45) is 0.863. The van der Waals surface area contributed by atoms with Crippen LogP contribution in [0.4, 0.5) is 5.69 Å². The van der Waals surface area contributed by atoms with E-state index in [4.69, 9.17) is 14.2 Å². The van der Waals surface area contributed by atoms with Crippen LogP contribution in [0.2, 0.25) is 0 Å². The second-order valence-corrected chi connectivity index (χ2v) is 6.07. The zero-order valence-corrected chi connectivity index (χ0v) is 13.5. The van der Waals surface area contributed by atoms with Gasteiger partial charge in [-0.05, 0) is 54.3 Å². The molecule has 0 radical (unpaired) electrons. The van der Waals surface area contributed by atoms with Crippen LogP contribution in [0.5, 0.6) is 17.2 Å². The fourth-order valence-corrected chi connectivity index (χ4v) is 3.05. The van der Waals surface area contributed by atoms with Crippen LogP contribution in [0.1, 0.15) is 17.9 Å². The van der Waals surface area contributed by atoms with Gasteiger partial charge < -0.3 is 19.5 Å². The van der Waals surface area contributed by atoms with E-state index in [9.17, 15) is 4.79 Å². The third-order valence-corrected chi connectivity index (χ3v) is 4.48. The van der Waals surface area contributed by atoms with Crippen LogP contribution in [0.15, 0.2) is 42.5 Å². The number of methoxy groups -OCH3 is 1. The minimum absolute atomic E-state index is 0.00895. The van der Waals surface area contributed by atoms with Crippen molar-refractivity contribution in [2.24, 2.45) is 5.92 Å². The van der Waals surface area contributed by atoms with Crippen LogP contribution in [0.3, 0.4) is 0 Å². The first-order valence-corrected chi connectivity index (χ1v) is 8.09. The van der Waals surface area contributed by atoms with Gasteiger partial charge in [0.05, 0.1) is 7.11 Å². The molecular weight excluding hydrogens is 306 g/mol. The van der Waals surface area contributed by atoms with Gasteiger partial charge in [0.25, 0.3) is 0 Å². The van der Waals surface area contributed by atoms with Gasteiger partial charge in [-0.3, -0.25) is 4.79 Å². The van der Waals surface area contributed by atoms with E-state index in [-0.39, 0.29) is 17.7 Å². The van der Waals surface area contributed by atoms with Crippen LogP contribution >= 0.6 is 0 Å². The van der Waals surface area contributed by atoms with Crippen molar-refractivity contribution >= 4 is 11.6 Å². The maximum absolute atomic E-state index is 12.4. The van der Waals surface area contributed by atoms with Crippen LogP contribution in [-0.2, 0) is 4.79 Å². The Morgan fingerprint density at radius 2 is 1.83 bits per heavy atom. The highest BCUT2D eigenvalue weighted by Crippen LogP contribution is 2.49. The number of nitrogens with one attached hydrogen (secondary N) is 1. The number of anilines is 1. The molecule has 2 aromatic rings. The first-order valence-electron chi connectivity index (χ1n) is 8.09. The maximum Gasteiger partial charge on any atom is 0.228 e. The summed E-state index contributed by atoms with van der Waals surface area (Å²) in [5.74, 6) is 2.65. The summed E-state index contributed by atoms with van der Waals surface area (Å²) in [6, 6.07) is 13.3. The first kappa shape index (κ1) is 14.9. The summed E-state index contributed by atoms with van der Waals surface area (Å²) in [7, 11) is 1.62. The van der Waals surface area contributed by atoms with E-state index in [2.05, 4.69) is 5.32 Å². The average molecular weight is 325 g/mol. The number of carbonyl (C=O) groups is 1. The third kappa shape index (κ3) is 2.89. The van der Waals surface area contributed by atoms with Gasteiger partial charge >= 0.3 is 0 Å². The van der Waals surface area contributed by atoms with Crippen molar-refractivity contribution < 1.29 is 19.0 Å². The monoisotopic (exact) mass is 325 g/mol. The molecule has 1 amide bonds. The molecule has 24 heavy (non-hydrogen) atoms. The lowest BCUT2D eigenvalue weighted by atomic mass is 10.1. The Labute approximate surface area is 140 Å². The maximum atomic E-state index is 12.4. The highest BCUT2D eigenvalue weighted by Gasteiger charge is 2.44. The lowest BCUT2D eigenvalue weighted by Gasteiger charge is -2.18. The minimum atomic E-state index is 0.00895. The predicted octanol–water partition coefficient (Wildman–Crippen LogP) is 3.21. The molecule has 1 fully saturated rings. The molecule has 0 saturated heterocycles. The highest BCUT2D eigenvalue weighted by molar-refractivity contribution is 5.95. The number of hydrogen-bond acceptors (Lipinski definition) is 4. The molecule has 5 nitrogen and oxygen atoms in total. The van der Waals surface area contributed by atoms with Gasteiger partial charge in [0.1, 0.15) is 19.0 Å². The Morgan fingerprint density at radius 1 is 1.08 bits per heavy atom. The molecule has 1 saturated carbocycles. The van der Waals surface area contributed by atoms with Crippen LogP contribution in [0, 0.1) is 5.92 Å². The predicted molar refractivity (Wildman–Crippen MR) is 89.9 cm³/mol. The van der Waals surface area contributed by atoms with Gasteiger partial charge in [-0.15, -0.1) is 0 Å². The molecule has 124 valence electrons. The topological polar surface area (TPSA) is 56.8 Å². The van der Waals surface area contributed by atoms with Crippen molar-refractivity contribution in [2.75, 3.05) is 25.6 Å². The van der Waals surface area contributed by atoms with E-state index in [1.807, 2.05) is 42.5 Å². The normalized spacial score (nSPS) is 21.0. The van der Waals surface area contributed by atoms with Gasteiger partial charge in [-0.25, -0.2) is 0 Å². The molecule has 1 aliphatic carbocycles. The molecule has 1 aliphatic heterocycles. The Kier molecular flexibility index (Phi) is 3.76. The summed E-state index contributed by atoms with van der Waals surface area (Å²) in [4.78, 5) is 12.4. The molecule has 1 N–H and O–H groups in total. The summed E-state index contributed by atoms with van der Waals surface area (Å²) >= 11 is 0. The van der Waals surface area contributed by atoms with Crippen molar-refractivity contribution in [3.8, 4) is 17.2 Å². The van der Waals surface area contributed by atoms with E-state index in [0.29, 0.717) is 13.2 Å². The molecule has 2 atom stereocenters. The third-order valence-electron chi connectivity index (χ3n) is 4.48. The quantitative estimate of drug-likeness (QED) is 0.938. The largest absolute Gasteiger partial charge is 0.497 e. The van der Waals surface area contributed by atoms with Crippen LogP contribution < -0.4 is 19.5 Å². The Bertz CT molecular complexity index is 756. The Hall–Kier alpha value is -2.69. The van der Waals surface area contributed by atoms with E-state index in [1.54, 1.807) is 7.11 Å². The summed E-state index contributed by atoms with van der Waals surface area (Å²) in [6.45, 7) is 1.16. The summed E-state index contributed by atoms with van der Waals surface area (Å²) < 4.78 is 16.3. The fourth-order valence-electron chi connectivity index (χ4n) is 3.05. The average Bonchev–Trinajstić information content (AvgIpc) is 3.43. The number of hydrogen-bond donors (Lipinski definition) is 1. The molecule has 4 rings (SSSR count). The Morgan fingerprint density at radius 3 is 2.58 bits per heavy atom. The van der Waals surface area contributed by atoms with Gasteiger partial charge in [0.15, 0.2) is 11.5 Å². The van der Waals surface area contributed by atoms with Crippen LogP contribution in [0.25, 0.3) is 0 Å². The zero-order valence-electron chi connectivity index (χ0n) is 13.5. The van der Waals surface area contributed by atoms with E-state index < -0.39 is 0 Å². The number of benzene rings is 2. The molecule has 5 heteroatoms. The second kappa shape index (κ2) is 6.07. The Balaban J connectivity index is 1.41. The number of rotatable bonds is 4. The lowest BCUT2D eigenvalue weighted by Crippen LogP contribution is -2.16. The smallest absolute Gasteiger partial charge is 0.228 e. The van der Waals surface area contributed by atoms with Gasteiger partial charge in [-0.1, -0.05) is 6.07 Å². The molecular formula is C19H19NO4. The van der Waals surface area contributed by atoms with Crippen molar-refractivity contribution in [3.05, 3.63) is 48.0 Å². The van der Waals surface area contributed by atoms with Crippen molar-refractivity contribution in [3.63, 3.8) is 0 Å². The molecule has 1 heterocycles. The summed E-state index contributed by atoms with van der Waals surface area (Å²) in [5, 5.41) is 2.97. The lowest BCUT2D eigenvalue weighted by molar-refractivity contribution is -0.117. The fraction of sp³-hybridized carbons (Fsp3) is 0.316. The van der Waals surface area contributed by atoms with E-state index >= 15 is 0 Å². The van der Waals surface area contributed by atoms with Crippen molar-refractivity contribution in [1.82, 2.24) is 0 Å². The molecule has 2 aromatic carbocycles. The van der Waals surface area contributed by atoms with E-state index in [0.717, 1.165) is 34.9 Å². The van der Waals surface area contributed by atoms with Crippen molar-refractivity contribution in [1.29, 1.82) is 0 Å². The number of amides is 1. The van der Waals surface area contributed by atoms with Crippen LogP contribution in [-0.4, -0.2) is 26.2 Å². The second-order valence-electron chi connectivity index (χ2n) is 6.07. The molecule has 2 aliphatic rings. The molecule has 0 unspecified atom stereocenters. The number of fused-ring (bicyclic) bond motifs is 1. The molecule has 0 bridgehead atoms. The summed E-state index contributed by atoms with van der Waals surface area (Å²) in [5.41, 5.74) is 1.92. The van der Waals surface area contributed by atoms with Crippen molar-refractivity contribution in [2.45, 2.75) is 12.3 Å². The number of carbonyl (C=O) groups excluding carboxylic acids is 1. The number of ether oxygens (including phenoxy) is 3. The highest BCUT2D eigenvalue weighted by atomic mass is 16.6.